The number of aliphatic hydroxyl groups is 1. The number of unbranched alkanes of at least 4 members (excludes halogenated alkanes) is 20. The molecule has 19 heteroatoms. The fourth-order valence-corrected chi connectivity index (χ4v) is 10.0. The Morgan fingerprint density at radius 1 is 0.427 bits per heavy atom. The highest BCUT2D eigenvalue weighted by Crippen LogP contribution is 2.45. The maximum absolute atomic E-state index is 13.1. The van der Waals surface area contributed by atoms with Gasteiger partial charge in [0.05, 0.1) is 19.8 Å². The number of ether oxygens (including phenoxy) is 5. The van der Waals surface area contributed by atoms with Crippen LogP contribution in [0.2, 0.25) is 0 Å². The predicted molar refractivity (Wildman–Crippen MR) is 358 cm³/mol. The molecule has 6 unspecified atom stereocenters. The first-order valence-electron chi connectivity index (χ1n) is 33.8. The summed E-state index contributed by atoms with van der Waals surface area (Å²) in [6, 6.07) is 0. The zero-order valence-corrected chi connectivity index (χ0v) is 57.3. The summed E-state index contributed by atoms with van der Waals surface area (Å²) in [5, 5.41) is 10.6. The van der Waals surface area contributed by atoms with Crippen LogP contribution in [-0.2, 0) is 65.6 Å². The summed E-state index contributed by atoms with van der Waals surface area (Å²) in [5.41, 5.74) is 0. The van der Waals surface area contributed by atoms with Gasteiger partial charge in [-0.2, -0.15) is 0 Å². The number of esters is 4. The van der Waals surface area contributed by atoms with Crippen LogP contribution in [0.3, 0.4) is 0 Å². The molecule has 0 bridgehead atoms. The third kappa shape index (κ3) is 61.3. The fraction of sp³-hybridized carbons (Fsp3) is 0.714. The molecular weight excluding hydrogens is 1170 g/mol. The van der Waals surface area contributed by atoms with Crippen molar-refractivity contribution in [1.82, 2.24) is 0 Å². The molecule has 0 saturated heterocycles. The normalized spacial score (nSPS) is 15.1. The lowest BCUT2D eigenvalue weighted by Crippen LogP contribution is -2.30. The monoisotopic (exact) mass is 1290 g/mol. The van der Waals surface area contributed by atoms with Gasteiger partial charge in [-0.25, -0.2) is 4.57 Å². The Balaban J connectivity index is 5.36. The Bertz CT molecular complexity index is 2100. The SMILES string of the molecule is CC=CCC=CCCCCCCC(=O)OC(COC(=O)CCCCCCC=CCC=CCCCC)COP(=O)(O)OCC(O)COP(=O)(O)COC(COC(=O)CCCCCCC=CCC=CC(C)CC)OC(=O)CCCCCCC=CCC=CCCCC. The number of carbonyl (C=O) groups is 4. The summed E-state index contributed by atoms with van der Waals surface area (Å²) in [6.45, 7) is 7.24. The van der Waals surface area contributed by atoms with E-state index in [1.165, 1.54) is 25.7 Å². The molecule has 0 radical (unpaired) electrons. The van der Waals surface area contributed by atoms with E-state index in [0.29, 0.717) is 31.6 Å². The van der Waals surface area contributed by atoms with Gasteiger partial charge < -0.3 is 43.1 Å². The van der Waals surface area contributed by atoms with Crippen molar-refractivity contribution in [3.05, 3.63) is 97.2 Å². The zero-order valence-electron chi connectivity index (χ0n) is 55.5. The van der Waals surface area contributed by atoms with Crippen molar-refractivity contribution < 1.29 is 80.5 Å². The summed E-state index contributed by atoms with van der Waals surface area (Å²) >= 11 is 0. The second-order valence-electron chi connectivity index (χ2n) is 22.6. The topological polar surface area (TPSA) is 237 Å². The summed E-state index contributed by atoms with van der Waals surface area (Å²) < 4.78 is 68.4. The van der Waals surface area contributed by atoms with E-state index in [0.717, 1.165) is 148 Å². The van der Waals surface area contributed by atoms with Crippen LogP contribution in [0.25, 0.3) is 0 Å². The third-order valence-corrected chi connectivity index (χ3v) is 16.0. The molecule has 0 aliphatic carbocycles. The Morgan fingerprint density at radius 2 is 0.809 bits per heavy atom. The maximum Gasteiger partial charge on any atom is 0.472 e. The maximum atomic E-state index is 13.1. The van der Waals surface area contributed by atoms with E-state index in [9.17, 15) is 43.2 Å². The smallest absolute Gasteiger partial charge is 0.462 e. The van der Waals surface area contributed by atoms with Crippen molar-refractivity contribution in [2.75, 3.05) is 39.4 Å². The highest BCUT2D eigenvalue weighted by molar-refractivity contribution is 7.52. The summed E-state index contributed by atoms with van der Waals surface area (Å²) in [7, 11) is -9.66. The van der Waals surface area contributed by atoms with E-state index in [1.807, 2.05) is 13.0 Å². The number of aliphatic hydroxyl groups excluding tert-OH is 1. The van der Waals surface area contributed by atoms with Gasteiger partial charge in [-0.05, 0) is 128 Å². The van der Waals surface area contributed by atoms with Crippen molar-refractivity contribution in [3.63, 3.8) is 0 Å². The van der Waals surface area contributed by atoms with Gasteiger partial charge >= 0.3 is 39.3 Å². The summed E-state index contributed by atoms with van der Waals surface area (Å²) in [6.07, 6.45) is 57.9. The van der Waals surface area contributed by atoms with E-state index in [1.54, 1.807) is 0 Å². The number of hydrogen-bond acceptors (Lipinski definition) is 15. The zero-order chi connectivity index (χ0) is 65.6. The van der Waals surface area contributed by atoms with Gasteiger partial charge in [0, 0.05) is 25.7 Å². The minimum atomic E-state index is -4.97. The Morgan fingerprint density at radius 3 is 1.26 bits per heavy atom. The Kier molecular flexibility index (Phi) is 58.7. The minimum absolute atomic E-state index is 0.0426. The Hall–Kier alpha value is -4.02. The number of rotatable bonds is 62. The number of carbonyl (C=O) groups excluding carboxylic acids is 4. The van der Waals surface area contributed by atoms with Crippen molar-refractivity contribution in [3.8, 4) is 0 Å². The molecule has 0 spiro atoms. The molecule has 0 aromatic rings. The summed E-state index contributed by atoms with van der Waals surface area (Å²) in [5.74, 6) is -1.76. The first-order chi connectivity index (χ1) is 43.1. The first-order valence-corrected chi connectivity index (χ1v) is 37.1. The van der Waals surface area contributed by atoms with E-state index >= 15 is 0 Å². The second-order valence-corrected chi connectivity index (χ2v) is 25.8. The molecular formula is C70H120O17P2. The van der Waals surface area contributed by atoms with Gasteiger partial charge in [-0.15, -0.1) is 0 Å². The highest BCUT2D eigenvalue weighted by Gasteiger charge is 2.30. The van der Waals surface area contributed by atoms with Crippen LogP contribution in [0.1, 0.15) is 259 Å². The second kappa shape index (κ2) is 61.5. The average Bonchev–Trinajstić information content (AvgIpc) is 3.58. The lowest BCUT2D eigenvalue weighted by atomic mass is 10.1. The standard InChI is InChI=1S/C70H120O17P2/c1-6-10-13-16-19-22-25-27-29-34-38-43-48-53-66(72)80-59-65(86-68(74)55-50-45-40-33-24-21-18-15-12-8-3)60-85-89(78,79)84-58-64(71)57-83-88(76,77)62-82-70(87-69(75)56-51-46-41-35-30-28-26-23-20-17-14-11-7-2)61-81-67(73)54-49-44-39-36-31-32-37-42-47-52-63(5)9-4/h8,12,16-21,25-28,32,37,47,52,63-65,70-71H,6-7,9-11,13-15,22-24,29-31,33-36,38-46,48-51,53-62H2,1-5H3,(H,76,77)(H,78,79). The minimum Gasteiger partial charge on any atom is -0.462 e. The van der Waals surface area contributed by atoms with Crippen molar-refractivity contribution in [1.29, 1.82) is 0 Å². The molecule has 512 valence electrons. The molecule has 3 N–H and O–H groups in total. The highest BCUT2D eigenvalue weighted by atomic mass is 31.2. The fourth-order valence-electron chi connectivity index (χ4n) is 8.40. The van der Waals surface area contributed by atoms with Crippen LogP contribution in [0.4, 0.5) is 0 Å². The molecule has 6 atom stereocenters. The number of allylic oxidation sites excluding steroid dienone is 16. The number of hydrogen-bond donors (Lipinski definition) is 3. The molecule has 0 fully saturated rings. The molecule has 0 aliphatic heterocycles. The molecule has 17 nitrogen and oxygen atoms in total. The number of phosphoric ester groups is 1. The van der Waals surface area contributed by atoms with Crippen LogP contribution in [0.15, 0.2) is 97.2 Å². The van der Waals surface area contributed by atoms with E-state index in [2.05, 4.69) is 119 Å². The van der Waals surface area contributed by atoms with Crippen LogP contribution >= 0.6 is 15.4 Å². The molecule has 0 aliphatic rings. The van der Waals surface area contributed by atoms with Crippen LogP contribution < -0.4 is 0 Å². The molecule has 0 amide bonds. The van der Waals surface area contributed by atoms with Gasteiger partial charge in [-0.3, -0.25) is 32.8 Å². The Labute approximate surface area is 537 Å². The van der Waals surface area contributed by atoms with Crippen molar-refractivity contribution in [2.24, 2.45) is 5.92 Å². The first kappa shape index (κ1) is 85.0. The van der Waals surface area contributed by atoms with Crippen molar-refractivity contribution in [2.45, 2.75) is 278 Å². The lowest BCUT2D eigenvalue weighted by molar-refractivity contribution is -0.191. The van der Waals surface area contributed by atoms with Crippen LogP contribution in [0.5, 0.6) is 0 Å². The third-order valence-electron chi connectivity index (χ3n) is 14.0. The van der Waals surface area contributed by atoms with Gasteiger partial charge in [0.25, 0.3) is 0 Å². The van der Waals surface area contributed by atoms with E-state index in [4.69, 9.17) is 37.3 Å². The van der Waals surface area contributed by atoms with Gasteiger partial charge in [0.2, 0.25) is 6.29 Å². The quantitative estimate of drug-likeness (QED) is 0.0128. The number of phosphoric acid groups is 1. The molecule has 0 aromatic carbocycles. The van der Waals surface area contributed by atoms with Gasteiger partial charge in [0.15, 0.2) is 19.1 Å². The van der Waals surface area contributed by atoms with Gasteiger partial charge in [0.1, 0.15) is 12.7 Å². The van der Waals surface area contributed by atoms with E-state index in [-0.39, 0.29) is 25.7 Å². The van der Waals surface area contributed by atoms with Crippen LogP contribution in [0, 0.1) is 5.92 Å². The predicted octanol–water partition coefficient (Wildman–Crippen LogP) is 18.3. The van der Waals surface area contributed by atoms with Crippen LogP contribution in [-0.4, -0.2) is 96.7 Å². The molecule has 0 heterocycles. The van der Waals surface area contributed by atoms with E-state index < -0.39 is 97.2 Å². The molecule has 0 saturated carbocycles. The van der Waals surface area contributed by atoms with Crippen molar-refractivity contribution >= 4 is 39.3 Å². The molecule has 0 rings (SSSR count). The average molecular weight is 1300 g/mol. The lowest BCUT2D eigenvalue weighted by Gasteiger charge is -2.22. The summed E-state index contributed by atoms with van der Waals surface area (Å²) in [4.78, 5) is 72.4. The largest absolute Gasteiger partial charge is 0.472 e. The van der Waals surface area contributed by atoms with Gasteiger partial charge in [-0.1, -0.05) is 208 Å². The molecule has 0 aromatic heterocycles. The molecule has 89 heavy (non-hydrogen) atoms.